The third kappa shape index (κ3) is 3.55. The van der Waals surface area contributed by atoms with Crippen LogP contribution >= 0.6 is 0 Å². The van der Waals surface area contributed by atoms with E-state index in [1.807, 2.05) is 66.9 Å². The molecule has 0 aliphatic carbocycles. The van der Waals surface area contributed by atoms with Gasteiger partial charge < -0.3 is 4.74 Å². The number of rotatable bonds is 6. The van der Waals surface area contributed by atoms with E-state index in [-0.39, 0.29) is 6.04 Å². The van der Waals surface area contributed by atoms with E-state index in [2.05, 4.69) is 10.3 Å². The average Bonchev–Trinajstić information content (AvgIpc) is 3.20. The molecule has 3 aromatic carbocycles. The highest BCUT2D eigenvalue weighted by atomic mass is 32.2. The Morgan fingerprint density at radius 3 is 2.47 bits per heavy atom. The van der Waals surface area contributed by atoms with Crippen LogP contribution in [-0.2, 0) is 16.6 Å². The Kier molecular flexibility index (Phi) is 4.72. The van der Waals surface area contributed by atoms with Crippen LogP contribution in [0, 0.1) is 0 Å². The number of para-hydroxylation sites is 1. The summed E-state index contributed by atoms with van der Waals surface area (Å²) in [6.07, 6.45) is 1.81. The Morgan fingerprint density at radius 2 is 1.67 bits per heavy atom. The van der Waals surface area contributed by atoms with Gasteiger partial charge >= 0.3 is 0 Å². The average molecular weight is 420 g/mol. The molecule has 0 unspecified atom stereocenters. The van der Waals surface area contributed by atoms with Gasteiger partial charge in [0.05, 0.1) is 17.1 Å². The maximum absolute atomic E-state index is 13.0. The second-order valence-corrected chi connectivity index (χ2v) is 9.21. The molecule has 30 heavy (non-hydrogen) atoms. The first kappa shape index (κ1) is 18.8. The number of hydrogen-bond acceptors (Lipinski definition) is 5. The lowest BCUT2D eigenvalue weighted by Crippen LogP contribution is -2.50. The van der Waals surface area contributed by atoms with Gasteiger partial charge in [0.1, 0.15) is 18.1 Å². The van der Waals surface area contributed by atoms with E-state index in [0.717, 1.165) is 16.5 Å². The summed E-state index contributed by atoms with van der Waals surface area (Å²) in [5.74, 6) is 0.767. The van der Waals surface area contributed by atoms with Crippen molar-refractivity contribution in [1.29, 1.82) is 0 Å². The highest BCUT2D eigenvalue weighted by molar-refractivity contribution is 7.89. The van der Waals surface area contributed by atoms with Crippen LogP contribution in [0.15, 0.2) is 83.9 Å². The van der Waals surface area contributed by atoms with Crippen LogP contribution in [0.25, 0.3) is 10.8 Å². The molecule has 1 aliphatic heterocycles. The van der Waals surface area contributed by atoms with E-state index in [1.54, 1.807) is 16.8 Å². The molecule has 0 atom stereocenters. The molecule has 4 aromatic rings. The van der Waals surface area contributed by atoms with Gasteiger partial charge in [0.2, 0.25) is 10.0 Å². The van der Waals surface area contributed by atoms with Crippen LogP contribution < -0.4 is 4.74 Å². The van der Waals surface area contributed by atoms with Gasteiger partial charge in [-0.15, -0.1) is 5.10 Å². The minimum absolute atomic E-state index is 0.0294. The maximum Gasteiger partial charge on any atom is 0.243 e. The summed E-state index contributed by atoms with van der Waals surface area (Å²) in [6, 6.07) is 22.4. The molecule has 2 heterocycles. The smallest absolute Gasteiger partial charge is 0.243 e. The molecule has 8 heteroatoms. The van der Waals surface area contributed by atoms with Crippen molar-refractivity contribution in [3.63, 3.8) is 0 Å². The number of hydrogen-bond donors (Lipinski definition) is 0. The van der Waals surface area contributed by atoms with E-state index in [0.29, 0.717) is 30.3 Å². The molecular weight excluding hydrogens is 400 g/mol. The maximum atomic E-state index is 13.0. The van der Waals surface area contributed by atoms with Crippen LogP contribution in [0.3, 0.4) is 0 Å². The highest BCUT2D eigenvalue weighted by Gasteiger charge is 2.38. The van der Waals surface area contributed by atoms with Crippen molar-refractivity contribution >= 4 is 20.8 Å². The zero-order valence-corrected chi connectivity index (χ0v) is 16.9. The molecule has 1 aromatic heterocycles. The van der Waals surface area contributed by atoms with Gasteiger partial charge in [0, 0.05) is 13.1 Å². The molecule has 0 amide bonds. The Bertz CT molecular complexity index is 1280. The predicted molar refractivity (Wildman–Crippen MR) is 113 cm³/mol. The monoisotopic (exact) mass is 420 g/mol. The minimum Gasteiger partial charge on any atom is -0.487 e. The van der Waals surface area contributed by atoms with Crippen LogP contribution in [0.2, 0.25) is 0 Å². The summed E-state index contributed by atoms with van der Waals surface area (Å²) >= 11 is 0. The summed E-state index contributed by atoms with van der Waals surface area (Å²) in [5, 5.41) is 10.2. The summed E-state index contributed by atoms with van der Waals surface area (Å²) in [6.45, 7) is 1.06. The molecular formula is C22H20N4O3S. The first-order valence-corrected chi connectivity index (χ1v) is 11.1. The van der Waals surface area contributed by atoms with E-state index in [9.17, 15) is 8.42 Å². The number of nitrogens with zero attached hydrogens (tertiary/aromatic N) is 4. The van der Waals surface area contributed by atoms with Crippen molar-refractivity contribution in [1.82, 2.24) is 19.3 Å². The number of sulfonamides is 1. The zero-order valence-electron chi connectivity index (χ0n) is 16.1. The standard InChI is InChI=1S/C22H20N4O3S/c27-30(28,22-11-10-17-6-4-5-7-18(17)12-22)25-14-20(15-25)26-13-19(23-24-26)16-29-21-8-2-1-3-9-21/h1-13,20H,14-16H2. The van der Waals surface area contributed by atoms with Gasteiger partial charge in [0.25, 0.3) is 0 Å². The highest BCUT2D eigenvalue weighted by Crippen LogP contribution is 2.29. The summed E-state index contributed by atoms with van der Waals surface area (Å²) in [7, 11) is -3.53. The fourth-order valence-electron chi connectivity index (χ4n) is 3.49. The molecule has 0 spiro atoms. The second-order valence-electron chi connectivity index (χ2n) is 7.28. The zero-order chi connectivity index (χ0) is 20.6. The van der Waals surface area contributed by atoms with Gasteiger partial charge in [-0.3, -0.25) is 0 Å². The fourth-order valence-corrected chi connectivity index (χ4v) is 5.04. The molecule has 5 rings (SSSR count). The molecule has 152 valence electrons. The van der Waals surface area contributed by atoms with Crippen molar-refractivity contribution in [2.24, 2.45) is 0 Å². The molecule has 1 aliphatic rings. The molecule has 0 saturated carbocycles. The quantitative estimate of drug-likeness (QED) is 0.479. The van der Waals surface area contributed by atoms with Gasteiger partial charge in [0.15, 0.2) is 0 Å². The van der Waals surface area contributed by atoms with Crippen LogP contribution in [0.4, 0.5) is 0 Å². The van der Waals surface area contributed by atoms with Crippen molar-refractivity contribution < 1.29 is 13.2 Å². The second kappa shape index (κ2) is 7.55. The molecule has 0 radical (unpaired) electrons. The predicted octanol–water partition coefficient (Wildman–Crippen LogP) is 3.26. The van der Waals surface area contributed by atoms with Gasteiger partial charge in [-0.05, 0) is 35.0 Å². The van der Waals surface area contributed by atoms with E-state index in [1.165, 1.54) is 4.31 Å². The molecule has 7 nitrogen and oxygen atoms in total. The lowest BCUT2D eigenvalue weighted by Gasteiger charge is -2.37. The Morgan fingerprint density at radius 1 is 0.933 bits per heavy atom. The van der Waals surface area contributed by atoms with Crippen molar-refractivity contribution in [2.75, 3.05) is 13.1 Å². The molecule has 1 fully saturated rings. The summed E-state index contributed by atoms with van der Waals surface area (Å²) in [5.41, 5.74) is 0.703. The van der Waals surface area contributed by atoms with Gasteiger partial charge in [-0.2, -0.15) is 4.31 Å². The number of fused-ring (bicyclic) bond motifs is 1. The first-order chi connectivity index (χ1) is 14.6. The fraction of sp³-hybridized carbons (Fsp3) is 0.182. The molecule has 0 bridgehead atoms. The van der Waals surface area contributed by atoms with Crippen molar-refractivity contribution in [3.8, 4) is 5.75 Å². The van der Waals surface area contributed by atoms with Crippen molar-refractivity contribution in [2.45, 2.75) is 17.5 Å². The lowest BCUT2D eigenvalue weighted by molar-refractivity contribution is 0.189. The molecule has 0 N–H and O–H groups in total. The number of benzene rings is 3. The van der Waals surface area contributed by atoms with Crippen LogP contribution in [0.1, 0.15) is 11.7 Å². The van der Waals surface area contributed by atoms with Gasteiger partial charge in [-0.1, -0.05) is 53.7 Å². The summed E-state index contributed by atoms with van der Waals surface area (Å²) < 4.78 is 34.8. The van der Waals surface area contributed by atoms with Crippen LogP contribution in [-0.4, -0.2) is 40.8 Å². The third-order valence-electron chi connectivity index (χ3n) is 5.25. The first-order valence-electron chi connectivity index (χ1n) is 9.67. The Labute approximate surface area is 174 Å². The SMILES string of the molecule is O=S(=O)(c1ccc2ccccc2c1)N1CC(n2cc(COc3ccccc3)nn2)C1. The Balaban J connectivity index is 1.24. The van der Waals surface area contributed by atoms with E-state index < -0.39 is 10.0 Å². The minimum atomic E-state index is -3.53. The molecule has 1 saturated heterocycles. The van der Waals surface area contributed by atoms with Gasteiger partial charge in [-0.25, -0.2) is 13.1 Å². The normalized spacial score (nSPS) is 15.2. The number of aromatic nitrogens is 3. The lowest BCUT2D eigenvalue weighted by atomic mass is 10.1. The number of ether oxygens (including phenoxy) is 1. The topological polar surface area (TPSA) is 77.3 Å². The largest absolute Gasteiger partial charge is 0.487 e. The van der Waals surface area contributed by atoms with Crippen LogP contribution in [0.5, 0.6) is 5.75 Å². The summed E-state index contributed by atoms with van der Waals surface area (Å²) in [4.78, 5) is 0.315. The third-order valence-corrected chi connectivity index (χ3v) is 7.08. The Hall–Kier alpha value is -3.23. The van der Waals surface area contributed by atoms with E-state index >= 15 is 0 Å². The van der Waals surface area contributed by atoms with E-state index in [4.69, 9.17) is 4.74 Å². The van der Waals surface area contributed by atoms with Crippen molar-refractivity contribution in [3.05, 3.63) is 84.7 Å².